The lowest BCUT2D eigenvalue weighted by atomic mass is 9.83. The first-order chi connectivity index (χ1) is 7.20. The molecular formula is C12H21NO2. The Balaban J connectivity index is 2.48. The first-order valence-electron chi connectivity index (χ1n) is 5.49. The molecule has 1 aliphatic rings. The zero-order chi connectivity index (χ0) is 11.1. The van der Waals surface area contributed by atoms with Gasteiger partial charge in [0.05, 0.1) is 13.2 Å². The summed E-state index contributed by atoms with van der Waals surface area (Å²) >= 11 is 0. The van der Waals surface area contributed by atoms with Crippen LogP contribution in [0, 0.1) is 5.41 Å². The summed E-state index contributed by atoms with van der Waals surface area (Å²) in [6.45, 7) is 4.65. The molecule has 1 atom stereocenters. The van der Waals surface area contributed by atoms with E-state index in [1.807, 2.05) is 0 Å². The van der Waals surface area contributed by atoms with Crippen LogP contribution in [0.3, 0.4) is 0 Å². The van der Waals surface area contributed by atoms with Gasteiger partial charge in [-0.2, -0.15) is 0 Å². The van der Waals surface area contributed by atoms with E-state index in [1.54, 1.807) is 0 Å². The predicted molar refractivity (Wildman–Crippen MR) is 61.6 cm³/mol. The predicted octanol–water partition coefficient (Wildman–Crippen LogP) is 0.795. The van der Waals surface area contributed by atoms with Gasteiger partial charge in [0.2, 0.25) is 0 Å². The van der Waals surface area contributed by atoms with E-state index >= 15 is 0 Å². The lowest BCUT2D eigenvalue weighted by Crippen LogP contribution is -2.38. The highest BCUT2D eigenvalue weighted by atomic mass is 16.3. The van der Waals surface area contributed by atoms with Crippen LogP contribution in [0.2, 0.25) is 0 Å². The molecule has 0 amide bonds. The van der Waals surface area contributed by atoms with Crippen LogP contribution in [-0.4, -0.2) is 48.0 Å². The van der Waals surface area contributed by atoms with Gasteiger partial charge in [-0.25, -0.2) is 0 Å². The standard InChI is InChI=1S/C12H21NO2/c1-12(5-3-2-4-6-12)11-13(7-9-14)8-10-15/h2-5,14-15H,6-11H2,1H3. The van der Waals surface area contributed by atoms with Crippen molar-refractivity contribution >= 4 is 0 Å². The first kappa shape index (κ1) is 12.4. The molecular weight excluding hydrogens is 190 g/mol. The highest BCUT2D eigenvalue weighted by Gasteiger charge is 2.23. The van der Waals surface area contributed by atoms with E-state index in [-0.39, 0.29) is 18.6 Å². The van der Waals surface area contributed by atoms with Crippen LogP contribution in [-0.2, 0) is 0 Å². The molecule has 0 heterocycles. The second-order valence-electron chi connectivity index (χ2n) is 4.37. The van der Waals surface area contributed by atoms with Crippen LogP contribution in [0.5, 0.6) is 0 Å². The fourth-order valence-electron chi connectivity index (χ4n) is 1.95. The Morgan fingerprint density at radius 1 is 1.20 bits per heavy atom. The lowest BCUT2D eigenvalue weighted by Gasteiger charge is -2.33. The third-order valence-corrected chi connectivity index (χ3v) is 2.75. The molecule has 86 valence electrons. The summed E-state index contributed by atoms with van der Waals surface area (Å²) in [4.78, 5) is 2.10. The Morgan fingerprint density at radius 3 is 2.33 bits per heavy atom. The van der Waals surface area contributed by atoms with Crippen LogP contribution in [0.15, 0.2) is 24.3 Å². The van der Waals surface area contributed by atoms with Crippen LogP contribution >= 0.6 is 0 Å². The highest BCUT2D eigenvalue weighted by molar-refractivity contribution is 5.16. The zero-order valence-electron chi connectivity index (χ0n) is 9.39. The molecule has 0 radical (unpaired) electrons. The van der Waals surface area contributed by atoms with Crippen molar-refractivity contribution in [1.29, 1.82) is 0 Å². The quantitative estimate of drug-likeness (QED) is 0.683. The molecule has 0 spiro atoms. The number of aliphatic hydroxyl groups is 2. The number of aliphatic hydroxyl groups excluding tert-OH is 2. The summed E-state index contributed by atoms with van der Waals surface area (Å²) in [7, 11) is 0. The van der Waals surface area contributed by atoms with E-state index in [1.165, 1.54) is 0 Å². The Labute approximate surface area is 91.7 Å². The van der Waals surface area contributed by atoms with Crippen LogP contribution in [0.4, 0.5) is 0 Å². The smallest absolute Gasteiger partial charge is 0.0558 e. The number of rotatable bonds is 6. The summed E-state index contributed by atoms with van der Waals surface area (Å²) in [6, 6.07) is 0. The Hall–Kier alpha value is -0.640. The van der Waals surface area contributed by atoms with Gasteiger partial charge in [0.15, 0.2) is 0 Å². The van der Waals surface area contributed by atoms with Gasteiger partial charge < -0.3 is 10.2 Å². The number of nitrogens with zero attached hydrogens (tertiary/aromatic N) is 1. The van der Waals surface area contributed by atoms with Gasteiger partial charge in [-0.05, 0) is 6.42 Å². The molecule has 0 fully saturated rings. The highest BCUT2D eigenvalue weighted by Crippen LogP contribution is 2.27. The second-order valence-corrected chi connectivity index (χ2v) is 4.37. The molecule has 0 aromatic rings. The summed E-state index contributed by atoms with van der Waals surface area (Å²) in [5.41, 5.74) is 0.138. The summed E-state index contributed by atoms with van der Waals surface area (Å²) in [6.07, 6.45) is 9.52. The summed E-state index contributed by atoms with van der Waals surface area (Å²) in [5, 5.41) is 17.8. The molecule has 1 rings (SSSR count). The largest absolute Gasteiger partial charge is 0.395 e. The van der Waals surface area contributed by atoms with Gasteiger partial charge >= 0.3 is 0 Å². The van der Waals surface area contributed by atoms with Crippen molar-refractivity contribution in [1.82, 2.24) is 4.90 Å². The van der Waals surface area contributed by atoms with Crippen LogP contribution in [0.25, 0.3) is 0 Å². The Kier molecular flexibility index (Phi) is 5.02. The summed E-state index contributed by atoms with van der Waals surface area (Å²) < 4.78 is 0. The molecule has 0 bridgehead atoms. The van der Waals surface area contributed by atoms with Crippen molar-refractivity contribution in [2.75, 3.05) is 32.8 Å². The third-order valence-electron chi connectivity index (χ3n) is 2.75. The molecule has 3 heteroatoms. The Morgan fingerprint density at radius 2 is 1.87 bits per heavy atom. The normalized spacial score (nSPS) is 25.1. The summed E-state index contributed by atoms with van der Waals surface area (Å²) in [5.74, 6) is 0. The minimum atomic E-state index is 0.138. The minimum Gasteiger partial charge on any atom is -0.395 e. The first-order valence-corrected chi connectivity index (χ1v) is 5.49. The molecule has 2 N–H and O–H groups in total. The monoisotopic (exact) mass is 211 g/mol. The van der Waals surface area contributed by atoms with Gasteiger partial charge in [0, 0.05) is 25.0 Å². The number of hydrogen-bond acceptors (Lipinski definition) is 3. The molecule has 1 unspecified atom stereocenters. The fourth-order valence-corrected chi connectivity index (χ4v) is 1.95. The maximum Gasteiger partial charge on any atom is 0.0558 e. The molecule has 15 heavy (non-hydrogen) atoms. The molecule has 0 saturated heterocycles. The fraction of sp³-hybridized carbons (Fsp3) is 0.667. The maximum absolute atomic E-state index is 8.92. The van der Waals surface area contributed by atoms with Crippen molar-refractivity contribution in [3.05, 3.63) is 24.3 Å². The van der Waals surface area contributed by atoms with Crippen molar-refractivity contribution in [3.8, 4) is 0 Å². The molecule has 1 aliphatic carbocycles. The van der Waals surface area contributed by atoms with Gasteiger partial charge in [-0.3, -0.25) is 4.90 Å². The average Bonchev–Trinajstić information content (AvgIpc) is 2.19. The van der Waals surface area contributed by atoms with Crippen molar-refractivity contribution < 1.29 is 10.2 Å². The lowest BCUT2D eigenvalue weighted by molar-refractivity contribution is 0.130. The van der Waals surface area contributed by atoms with E-state index in [9.17, 15) is 0 Å². The Bertz CT molecular complexity index is 232. The van der Waals surface area contributed by atoms with Gasteiger partial charge in [0.1, 0.15) is 0 Å². The van der Waals surface area contributed by atoms with Gasteiger partial charge in [-0.15, -0.1) is 0 Å². The topological polar surface area (TPSA) is 43.7 Å². The van der Waals surface area contributed by atoms with Crippen LogP contribution < -0.4 is 0 Å². The minimum absolute atomic E-state index is 0.138. The van der Waals surface area contributed by atoms with Crippen LogP contribution in [0.1, 0.15) is 13.3 Å². The van der Waals surface area contributed by atoms with E-state index < -0.39 is 0 Å². The van der Waals surface area contributed by atoms with Crippen molar-refractivity contribution in [2.24, 2.45) is 5.41 Å². The van der Waals surface area contributed by atoms with Crippen molar-refractivity contribution in [2.45, 2.75) is 13.3 Å². The van der Waals surface area contributed by atoms with E-state index in [0.717, 1.165) is 13.0 Å². The van der Waals surface area contributed by atoms with Gasteiger partial charge in [0.25, 0.3) is 0 Å². The molecule has 0 aromatic carbocycles. The van der Waals surface area contributed by atoms with Crippen molar-refractivity contribution in [3.63, 3.8) is 0 Å². The zero-order valence-corrected chi connectivity index (χ0v) is 9.39. The number of allylic oxidation sites excluding steroid dienone is 3. The van der Waals surface area contributed by atoms with E-state index in [4.69, 9.17) is 10.2 Å². The van der Waals surface area contributed by atoms with Gasteiger partial charge in [-0.1, -0.05) is 31.2 Å². The third kappa shape index (κ3) is 4.16. The number of hydrogen-bond donors (Lipinski definition) is 2. The molecule has 0 saturated carbocycles. The van der Waals surface area contributed by atoms with E-state index in [2.05, 4.69) is 36.1 Å². The second kappa shape index (κ2) is 6.05. The molecule has 3 nitrogen and oxygen atoms in total. The average molecular weight is 211 g/mol. The molecule has 0 aromatic heterocycles. The SMILES string of the molecule is CC1(CN(CCO)CCO)C=CC=CC1. The van der Waals surface area contributed by atoms with E-state index in [0.29, 0.717) is 13.1 Å². The maximum atomic E-state index is 8.92. The molecule has 0 aliphatic heterocycles.